The van der Waals surface area contributed by atoms with Crippen LogP contribution in [0.2, 0.25) is 0 Å². The fourth-order valence-corrected chi connectivity index (χ4v) is 4.40. The molecule has 6 nitrogen and oxygen atoms in total. The van der Waals surface area contributed by atoms with Gasteiger partial charge in [0.05, 0.1) is 35.2 Å². The van der Waals surface area contributed by atoms with Gasteiger partial charge in [0.2, 0.25) is 0 Å². The fourth-order valence-electron chi connectivity index (χ4n) is 3.96. The van der Waals surface area contributed by atoms with Crippen LogP contribution in [0.4, 0.5) is 5.69 Å². The van der Waals surface area contributed by atoms with Crippen molar-refractivity contribution in [1.29, 1.82) is 0 Å². The second-order valence-electron chi connectivity index (χ2n) is 7.41. The van der Waals surface area contributed by atoms with E-state index < -0.39 is 0 Å². The quantitative estimate of drug-likeness (QED) is 0.397. The van der Waals surface area contributed by atoms with Crippen molar-refractivity contribution in [3.63, 3.8) is 0 Å². The normalized spacial score (nSPS) is 16.8. The van der Waals surface area contributed by atoms with Gasteiger partial charge in [-0.15, -0.1) is 16.6 Å². The Labute approximate surface area is 173 Å². The van der Waals surface area contributed by atoms with E-state index in [9.17, 15) is 0 Å². The Hall–Kier alpha value is -3.06. The van der Waals surface area contributed by atoms with E-state index in [0.29, 0.717) is 0 Å². The number of hydrogen-bond acceptors (Lipinski definition) is 5. The number of aryl methyl sites for hydroxylation is 1. The van der Waals surface area contributed by atoms with E-state index in [-0.39, 0.29) is 6.04 Å². The molecule has 3 heterocycles. The fraction of sp³-hybridized carbons (Fsp3) is 0.227. The summed E-state index contributed by atoms with van der Waals surface area (Å²) in [7, 11) is 0. The molecular formula is C22H22N6S. The molecular weight excluding hydrogens is 380 g/mol. The molecule has 7 heteroatoms. The zero-order chi connectivity index (χ0) is 20.0. The van der Waals surface area contributed by atoms with E-state index in [1.807, 2.05) is 0 Å². The molecule has 1 aliphatic rings. The van der Waals surface area contributed by atoms with Gasteiger partial charge in [0.25, 0.3) is 0 Å². The lowest BCUT2D eigenvalue weighted by Gasteiger charge is -2.27. The molecule has 0 radical (unpaired) electrons. The first-order valence-corrected chi connectivity index (χ1v) is 10.8. The second kappa shape index (κ2) is 7.08. The highest BCUT2D eigenvalue weighted by molar-refractivity contribution is 7.98. The van der Waals surface area contributed by atoms with Gasteiger partial charge in [0, 0.05) is 11.4 Å². The highest BCUT2D eigenvalue weighted by Gasteiger charge is 2.32. The van der Waals surface area contributed by atoms with Crippen LogP contribution in [0.1, 0.15) is 23.9 Å². The van der Waals surface area contributed by atoms with Gasteiger partial charge in [-0.3, -0.25) is 0 Å². The highest BCUT2D eigenvalue weighted by atomic mass is 32.2. The number of imidazole rings is 1. The third-order valence-corrected chi connectivity index (χ3v) is 6.08. The van der Waals surface area contributed by atoms with E-state index in [2.05, 4.69) is 76.2 Å². The molecule has 1 fully saturated rings. The Balaban J connectivity index is 1.60. The molecule has 1 atom stereocenters. The zero-order valence-corrected chi connectivity index (χ0v) is 17.3. The van der Waals surface area contributed by atoms with Crippen LogP contribution in [0.15, 0.2) is 65.8 Å². The molecule has 1 saturated heterocycles. The molecule has 146 valence electrons. The molecule has 0 unspecified atom stereocenters. The molecule has 2 aromatic carbocycles. The minimum Gasteiger partial charge on any atom is -0.355 e. The van der Waals surface area contributed by atoms with E-state index in [4.69, 9.17) is 4.98 Å². The average Bonchev–Trinajstić information content (AvgIpc) is 3.46. The number of H-pyrrole nitrogens is 1. The topological polar surface area (TPSA) is 62.6 Å². The van der Waals surface area contributed by atoms with Crippen LogP contribution in [0.25, 0.3) is 16.7 Å². The van der Waals surface area contributed by atoms with Crippen molar-refractivity contribution in [2.45, 2.75) is 24.3 Å². The van der Waals surface area contributed by atoms with Crippen LogP contribution in [0.5, 0.6) is 0 Å². The average molecular weight is 403 g/mol. The van der Waals surface area contributed by atoms with Crippen molar-refractivity contribution in [2.24, 2.45) is 0 Å². The zero-order valence-electron chi connectivity index (χ0n) is 16.5. The number of rotatable bonds is 4. The Morgan fingerprint density at radius 3 is 2.72 bits per heavy atom. The van der Waals surface area contributed by atoms with E-state index >= 15 is 0 Å². The second-order valence-corrected chi connectivity index (χ2v) is 8.29. The van der Waals surface area contributed by atoms with Crippen LogP contribution >= 0.6 is 11.8 Å². The summed E-state index contributed by atoms with van der Waals surface area (Å²) in [5.74, 6) is 0.970. The monoisotopic (exact) mass is 402 g/mol. The van der Waals surface area contributed by atoms with E-state index in [1.54, 1.807) is 29.0 Å². The summed E-state index contributed by atoms with van der Waals surface area (Å²) < 4.78 is 0. The number of nitrogens with one attached hydrogen (secondary N) is 1. The summed E-state index contributed by atoms with van der Waals surface area (Å²) in [5, 5.41) is 8.70. The van der Waals surface area contributed by atoms with Gasteiger partial charge >= 0.3 is 0 Å². The van der Waals surface area contributed by atoms with Gasteiger partial charge in [-0.1, -0.05) is 18.2 Å². The SMILES string of the molecule is C=C1C[C@@H](c2nc3ccc(SC)cc3[nH]2)N(c2cc(C)ccc2-n2nccn2)C1. The van der Waals surface area contributed by atoms with Gasteiger partial charge in [0.1, 0.15) is 11.5 Å². The molecule has 0 saturated carbocycles. The number of nitrogens with zero attached hydrogens (tertiary/aromatic N) is 5. The van der Waals surface area contributed by atoms with Crippen molar-refractivity contribution >= 4 is 28.5 Å². The standard InChI is InChI=1S/C22H22N6S/c1-14-4-7-19(28-23-8-9-24-28)20(10-14)27-13-15(2)11-21(27)22-25-17-6-5-16(29-3)12-18(17)26-22/h4-10,12,21H,2,11,13H2,1,3H3,(H,25,26)/t21-/m0/s1. The Morgan fingerprint density at radius 2 is 1.93 bits per heavy atom. The molecule has 4 aromatic rings. The van der Waals surface area contributed by atoms with Crippen LogP contribution in [0.3, 0.4) is 0 Å². The maximum absolute atomic E-state index is 4.91. The van der Waals surface area contributed by atoms with Gasteiger partial charge in [0.15, 0.2) is 0 Å². The Morgan fingerprint density at radius 1 is 1.10 bits per heavy atom. The number of benzene rings is 2. The molecule has 2 aromatic heterocycles. The Kier molecular flexibility index (Phi) is 4.39. The van der Waals surface area contributed by atoms with Crippen molar-refractivity contribution in [2.75, 3.05) is 17.7 Å². The molecule has 0 spiro atoms. The van der Waals surface area contributed by atoms with Crippen LogP contribution in [-0.2, 0) is 0 Å². The largest absolute Gasteiger partial charge is 0.355 e. The van der Waals surface area contributed by atoms with Gasteiger partial charge in [-0.2, -0.15) is 10.2 Å². The molecule has 1 N–H and O–H groups in total. The minimum atomic E-state index is 0.101. The number of thioether (sulfide) groups is 1. The maximum atomic E-state index is 4.91. The predicted octanol–water partition coefficient (Wildman–Crippen LogP) is 4.68. The third kappa shape index (κ3) is 3.21. The molecule has 29 heavy (non-hydrogen) atoms. The smallest absolute Gasteiger partial charge is 0.130 e. The van der Waals surface area contributed by atoms with Crippen LogP contribution in [-0.4, -0.2) is 37.8 Å². The van der Waals surface area contributed by atoms with E-state index in [0.717, 1.165) is 41.2 Å². The molecule has 5 rings (SSSR count). The first-order valence-electron chi connectivity index (χ1n) is 9.56. The number of aromatic amines is 1. The van der Waals surface area contributed by atoms with Crippen molar-refractivity contribution < 1.29 is 0 Å². The minimum absolute atomic E-state index is 0.101. The van der Waals surface area contributed by atoms with Gasteiger partial charge in [-0.25, -0.2) is 4.98 Å². The number of anilines is 1. The lowest BCUT2D eigenvalue weighted by molar-refractivity contribution is 0.679. The highest BCUT2D eigenvalue weighted by Crippen LogP contribution is 2.40. The summed E-state index contributed by atoms with van der Waals surface area (Å²) in [6.07, 6.45) is 6.36. The number of fused-ring (bicyclic) bond motifs is 1. The van der Waals surface area contributed by atoms with Crippen LogP contribution in [0, 0.1) is 6.92 Å². The lowest BCUT2D eigenvalue weighted by Crippen LogP contribution is -2.25. The van der Waals surface area contributed by atoms with Crippen molar-refractivity contribution in [3.05, 3.63) is 72.3 Å². The molecule has 0 bridgehead atoms. The van der Waals surface area contributed by atoms with Gasteiger partial charge < -0.3 is 9.88 Å². The number of hydrogen-bond donors (Lipinski definition) is 1. The van der Waals surface area contributed by atoms with Crippen molar-refractivity contribution in [3.8, 4) is 5.69 Å². The van der Waals surface area contributed by atoms with Gasteiger partial charge in [-0.05, 0) is 55.5 Å². The predicted molar refractivity (Wildman–Crippen MR) is 118 cm³/mol. The van der Waals surface area contributed by atoms with Crippen LogP contribution < -0.4 is 4.90 Å². The summed E-state index contributed by atoms with van der Waals surface area (Å²) in [5.41, 5.74) is 6.51. The lowest BCUT2D eigenvalue weighted by atomic mass is 10.1. The molecule has 0 amide bonds. The Bertz CT molecular complexity index is 1190. The van der Waals surface area contributed by atoms with Crippen molar-refractivity contribution in [1.82, 2.24) is 25.0 Å². The maximum Gasteiger partial charge on any atom is 0.130 e. The molecule has 0 aliphatic carbocycles. The first kappa shape index (κ1) is 18.0. The summed E-state index contributed by atoms with van der Waals surface area (Å²) in [6, 6.07) is 12.8. The summed E-state index contributed by atoms with van der Waals surface area (Å²) in [6.45, 7) is 7.17. The number of aromatic nitrogens is 5. The summed E-state index contributed by atoms with van der Waals surface area (Å²) >= 11 is 1.74. The molecule has 1 aliphatic heterocycles. The third-order valence-electron chi connectivity index (χ3n) is 5.35. The van der Waals surface area contributed by atoms with E-state index in [1.165, 1.54) is 16.0 Å². The first-order chi connectivity index (χ1) is 14.1. The summed E-state index contributed by atoms with van der Waals surface area (Å²) in [4.78, 5) is 13.7.